The fourth-order valence-corrected chi connectivity index (χ4v) is 5.81. The fraction of sp³-hybridized carbons (Fsp3) is 0.600. The molecule has 2 aliphatic carbocycles. The molecule has 0 aliphatic heterocycles. The van der Waals surface area contributed by atoms with E-state index in [4.69, 9.17) is 4.18 Å². The Hall–Kier alpha value is -1.63. The Morgan fingerprint density at radius 1 is 1.23 bits per heavy atom. The van der Waals surface area contributed by atoms with Crippen LogP contribution in [-0.4, -0.2) is 18.6 Å². The summed E-state index contributed by atoms with van der Waals surface area (Å²) in [5.41, 5.74) is -0.178. The first-order valence-electron chi connectivity index (χ1n) is 7.47. The second kappa shape index (κ2) is 5.22. The molecule has 5 atom stereocenters. The Morgan fingerprint density at radius 3 is 2.55 bits per heavy atom. The molecule has 0 spiro atoms. The molecule has 0 amide bonds. The normalized spacial score (nSPS) is 33.8. The lowest BCUT2D eigenvalue weighted by Crippen LogP contribution is -2.36. The van der Waals surface area contributed by atoms with Gasteiger partial charge in [0, 0.05) is 6.07 Å². The van der Waals surface area contributed by atoms with Gasteiger partial charge in [0.2, 0.25) is 0 Å². The van der Waals surface area contributed by atoms with Crippen LogP contribution in [0.15, 0.2) is 24.3 Å². The first kappa shape index (κ1) is 15.3. The molecule has 0 radical (unpaired) electrons. The minimum absolute atomic E-state index is 0.0117. The minimum atomic E-state index is -3.77. The molecule has 6 nitrogen and oxygen atoms in total. The second-order valence-electron chi connectivity index (χ2n) is 6.48. The second-order valence-corrected chi connectivity index (χ2v) is 8.24. The number of nitro benzene ring substituents is 1. The molecule has 2 aliphatic rings. The fourth-order valence-electron chi connectivity index (χ4n) is 4.05. The Balaban J connectivity index is 1.80. The van der Waals surface area contributed by atoms with Crippen molar-refractivity contribution >= 4 is 15.8 Å². The molecule has 2 bridgehead atoms. The van der Waals surface area contributed by atoms with Gasteiger partial charge in [0.05, 0.1) is 11.0 Å². The standard InChI is InChI=1S/C15H19NO5S/c1-9-10(2)14-6-11(9)7-15(14)22(19,20)21-13-5-3-4-12(8-13)16(17)18/h3-5,8-11,14-15H,6-7H2,1-2H3. The highest BCUT2D eigenvalue weighted by Crippen LogP contribution is 2.54. The predicted octanol–water partition coefficient (Wildman–Crippen LogP) is 2.98. The molecule has 2 fully saturated rings. The van der Waals surface area contributed by atoms with E-state index in [-0.39, 0.29) is 17.4 Å². The smallest absolute Gasteiger partial charge is 0.312 e. The summed E-state index contributed by atoms with van der Waals surface area (Å²) in [7, 11) is -3.77. The first-order valence-corrected chi connectivity index (χ1v) is 8.94. The van der Waals surface area contributed by atoms with Crippen LogP contribution in [0.2, 0.25) is 0 Å². The summed E-state index contributed by atoms with van der Waals surface area (Å²) in [6.07, 6.45) is 1.57. The molecule has 0 saturated heterocycles. The summed E-state index contributed by atoms with van der Waals surface area (Å²) >= 11 is 0. The van der Waals surface area contributed by atoms with E-state index in [1.54, 1.807) is 0 Å². The molecule has 1 aromatic rings. The maximum atomic E-state index is 12.5. The largest absolute Gasteiger partial charge is 0.382 e. The van der Waals surface area contributed by atoms with Crippen LogP contribution >= 0.6 is 0 Å². The van der Waals surface area contributed by atoms with Gasteiger partial charge in [0.15, 0.2) is 0 Å². The van der Waals surface area contributed by atoms with Crippen molar-refractivity contribution in [3.8, 4) is 5.75 Å². The molecule has 3 rings (SSSR count). The highest BCUT2D eigenvalue weighted by molar-refractivity contribution is 7.87. The van der Waals surface area contributed by atoms with Crippen LogP contribution in [0, 0.1) is 33.8 Å². The summed E-state index contributed by atoms with van der Waals surface area (Å²) in [6, 6.07) is 5.32. The molecule has 5 unspecified atom stereocenters. The van der Waals surface area contributed by atoms with E-state index in [0.29, 0.717) is 24.2 Å². The molecule has 0 heterocycles. The molecule has 1 aromatic carbocycles. The number of hydrogen-bond donors (Lipinski definition) is 0. The summed E-state index contributed by atoms with van der Waals surface area (Å²) in [5.74, 6) is 1.50. The summed E-state index contributed by atoms with van der Waals surface area (Å²) in [4.78, 5) is 10.2. The van der Waals surface area contributed by atoms with Crippen LogP contribution in [0.4, 0.5) is 5.69 Å². The van der Waals surface area contributed by atoms with Crippen LogP contribution in [0.5, 0.6) is 5.75 Å². The average Bonchev–Trinajstić information content (AvgIpc) is 3.00. The topological polar surface area (TPSA) is 86.5 Å². The van der Waals surface area contributed by atoms with E-state index >= 15 is 0 Å². The summed E-state index contributed by atoms with van der Waals surface area (Å²) in [5, 5.41) is 10.3. The zero-order valence-electron chi connectivity index (χ0n) is 12.5. The van der Waals surface area contributed by atoms with Gasteiger partial charge in [-0.25, -0.2) is 0 Å². The van der Waals surface area contributed by atoms with Crippen molar-refractivity contribution in [2.45, 2.75) is 31.9 Å². The van der Waals surface area contributed by atoms with Gasteiger partial charge in [-0.2, -0.15) is 8.42 Å². The number of nitro groups is 1. The maximum absolute atomic E-state index is 12.5. The molecule has 0 aromatic heterocycles. The van der Waals surface area contributed by atoms with E-state index in [2.05, 4.69) is 13.8 Å². The average molecular weight is 325 g/mol. The van der Waals surface area contributed by atoms with Crippen molar-refractivity contribution in [1.82, 2.24) is 0 Å². The number of nitrogens with zero attached hydrogens (tertiary/aromatic N) is 1. The Bertz CT molecular complexity index is 700. The number of hydrogen-bond acceptors (Lipinski definition) is 5. The highest BCUT2D eigenvalue weighted by Gasteiger charge is 2.54. The lowest BCUT2D eigenvalue weighted by Gasteiger charge is -2.30. The minimum Gasteiger partial charge on any atom is -0.382 e. The third-order valence-corrected chi connectivity index (χ3v) is 7.16. The number of non-ortho nitro benzene ring substituents is 1. The zero-order valence-corrected chi connectivity index (χ0v) is 13.3. The van der Waals surface area contributed by atoms with Crippen LogP contribution < -0.4 is 4.18 Å². The van der Waals surface area contributed by atoms with E-state index in [1.807, 2.05) is 0 Å². The summed E-state index contributed by atoms with van der Waals surface area (Å²) in [6.45, 7) is 4.28. The van der Waals surface area contributed by atoms with Crippen LogP contribution in [0.25, 0.3) is 0 Å². The van der Waals surface area contributed by atoms with Crippen molar-refractivity contribution in [3.63, 3.8) is 0 Å². The molecular weight excluding hydrogens is 306 g/mol. The van der Waals surface area contributed by atoms with Crippen molar-refractivity contribution in [2.75, 3.05) is 0 Å². The van der Waals surface area contributed by atoms with Crippen LogP contribution in [0.1, 0.15) is 26.7 Å². The van der Waals surface area contributed by atoms with Crippen LogP contribution in [-0.2, 0) is 10.1 Å². The SMILES string of the molecule is CC1C2CC(C1C)C(S(=O)(=O)Oc1cccc([N+](=O)[O-])c1)C2. The molecule has 7 heteroatoms. The Kier molecular flexibility index (Phi) is 3.63. The van der Waals surface area contributed by atoms with Gasteiger partial charge < -0.3 is 4.18 Å². The van der Waals surface area contributed by atoms with Gasteiger partial charge in [0.25, 0.3) is 5.69 Å². The molecule has 120 valence electrons. The van der Waals surface area contributed by atoms with E-state index in [9.17, 15) is 18.5 Å². The monoisotopic (exact) mass is 325 g/mol. The van der Waals surface area contributed by atoms with Crippen molar-refractivity contribution in [2.24, 2.45) is 23.7 Å². The zero-order chi connectivity index (χ0) is 16.1. The van der Waals surface area contributed by atoms with Gasteiger partial charge in [-0.1, -0.05) is 19.9 Å². The predicted molar refractivity (Wildman–Crippen MR) is 81.0 cm³/mol. The van der Waals surface area contributed by atoms with Crippen molar-refractivity contribution in [3.05, 3.63) is 34.4 Å². The van der Waals surface area contributed by atoms with Crippen molar-refractivity contribution in [1.29, 1.82) is 0 Å². The number of benzene rings is 1. The van der Waals surface area contributed by atoms with Crippen molar-refractivity contribution < 1.29 is 17.5 Å². The summed E-state index contributed by atoms with van der Waals surface area (Å²) < 4.78 is 30.2. The molecular formula is C15H19NO5S. The van der Waals surface area contributed by atoms with Gasteiger partial charge in [-0.15, -0.1) is 0 Å². The van der Waals surface area contributed by atoms with Gasteiger partial charge in [0.1, 0.15) is 11.0 Å². The van der Waals surface area contributed by atoms with E-state index in [0.717, 1.165) is 12.5 Å². The van der Waals surface area contributed by atoms with Gasteiger partial charge in [-0.3, -0.25) is 10.1 Å². The third kappa shape index (κ3) is 2.47. The third-order valence-electron chi connectivity index (χ3n) is 5.45. The number of fused-ring (bicyclic) bond motifs is 2. The molecule has 22 heavy (non-hydrogen) atoms. The number of rotatable bonds is 4. The lowest BCUT2D eigenvalue weighted by atomic mass is 9.81. The Labute approximate surface area is 129 Å². The molecule has 0 N–H and O–H groups in total. The van der Waals surface area contributed by atoms with E-state index < -0.39 is 20.3 Å². The quantitative estimate of drug-likeness (QED) is 0.482. The highest BCUT2D eigenvalue weighted by atomic mass is 32.2. The van der Waals surface area contributed by atoms with E-state index in [1.165, 1.54) is 18.2 Å². The van der Waals surface area contributed by atoms with Crippen LogP contribution in [0.3, 0.4) is 0 Å². The first-order chi connectivity index (χ1) is 10.3. The molecule has 2 saturated carbocycles. The Morgan fingerprint density at radius 2 is 1.95 bits per heavy atom. The lowest BCUT2D eigenvalue weighted by molar-refractivity contribution is -0.384. The maximum Gasteiger partial charge on any atom is 0.312 e. The van der Waals surface area contributed by atoms with Gasteiger partial charge in [-0.05, 0) is 42.6 Å². The van der Waals surface area contributed by atoms with Gasteiger partial charge >= 0.3 is 10.1 Å².